The van der Waals surface area contributed by atoms with Gasteiger partial charge in [0.2, 0.25) is 0 Å². The maximum Gasteiger partial charge on any atom is 0.124 e. The fraction of sp³-hybridized carbons (Fsp3) is 0.556. The third-order valence-electron chi connectivity index (χ3n) is 7.73. The molecule has 4 bridgehead atoms. The quantitative estimate of drug-likeness (QED) is 0.616. The standard InChI is InChI=1S/C27H35NO/c1-20-7-6-8-21(11-20)16-29-24-10-5-4-9-23(24)15-28-27-14-22-12-25(2,18-27)17-26(3,13-22)19-27/h4-11,22,28H,12-19H2,1-3H3/t22?,25-,26+,27?. The molecular formula is C27H35NO. The van der Waals surface area contributed by atoms with Gasteiger partial charge in [-0.3, -0.25) is 0 Å². The molecule has 4 saturated carbocycles. The lowest BCUT2D eigenvalue weighted by Crippen LogP contribution is -2.63. The van der Waals surface area contributed by atoms with Crippen LogP contribution in [0.3, 0.4) is 0 Å². The average Bonchev–Trinajstić information content (AvgIpc) is 2.62. The van der Waals surface area contributed by atoms with E-state index in [0.717, 1.165) is 18.2 Å². The summed E-state index contributed by atoms with van der Waals surface area (Å²) in [5.41, 5.74) is 5.21. The molecule has 4 fully saturated rings. The van der Waals surface area contributed by atoms with Gasteiger partial charge >= 0.3 is 0 Å². The van der Waals surface area contributed by atoms with Crippen LogP contribution in [-0.2, 0) is 13.2 Å². The molecule has 1 N–H and O–H groups in total. The molecule has 0 heterocycles. The summed E-state index contributed by atoms with van der Waals surface area (Å²) in [5, 5.41) is 4.06. The van der Waals surface area contributed by atoms with Gasteiger partial charge in [-0.15, -0.1) is 0 Å². The van der Waals surface area contributed by atoms with Gasteiger partial charge in [0.15, 0.2) is 0 Å². The lowest BCUT2D eigenvalue weighted by molar-refractivity contribution is -0.118. The van der Waals surface area contributed by atoms with E-state index in [1.807, 2.05) is 0 Å². The molecule has 0 aromatic heterocycles. The predicted molar refractivity (Wildman–Crippen MR) is 119 cm³/mol. The SMILES string of the molecule is Cc1cccc(COc2ccccc2CNC23CC4C[C@@](C)(C2)C[C@](C)(C4)C3)c1. The van der Waals surface area contributed by atoms with Gasteiger partial charge < -0.3 is 10.1 Å². The van der Waals surface area contributed by atoms with Crippen molar-refractivity contribution in [2.24, 2.45) is 16.7 Å². The van der Waals surface area contributed by atoms with E-state index in [0.29, 0.717) is 23.0 Å². The molecule has 0 amide bonds. The molecule has 2 nitrogen and oxygen atoms in total. The number of ether oxygens (including phenoxy) is 1. The van der Waals surface area contributed by atoms with Gasteiger partial charge in [0.1, 0.15) is 12.4 Å². The maximum atomic E-state index is 6.25. The summed E-state index contributed by atoms with van der Waals surface area (Å²) in [6.07, 6.45) is 8.38. The van der Waals surface area contributed by atoms with Crippen molar-refractivity contribution in [3.63, 3.8) is 0 Å². The third-order valence-corrected chi connectivity index (χ3v) is 7.73. The zero-order valence-electron chi connectivity index (χ0n) is 18.3. The first-order valence-corrected chi connectivity index (χ1v) is 11.4. The van der Waals surface area contributed by atoms with Crippen molar-refractivity contribution in [1.82, 2.24) is 5.32 Å². The van der Waals surface area contributed by atoms with Crippen LogP contribution >= 0.6 is 0 Å². The highest BCUT2D eigenvalue weighted by Gasteiger charge is 2.59. The van der Waals surface area contributed by atoms with E-state index in [9.17, 15) is 0 Å². The van der Waals surface area contributed by atoms with E-state index in [1.54, 1.807) is 0 Å². The first-order valence-electron chi connectivity index (χ1n) is 11.4. The Morgan fingerprint density at radius 1 is 0.931 bits per heavy atom. The van der Waals surface area contributed by atoms with Crippen molar-refractivity contribution in [2.45, 2.75) is 78.0 Å². The van der Waals surface area contributed by atoms with Crippen LogP contribution in [0.15, 0.2) is 48.5 Å². The fourth-order valence-corrected chi connectivity index (χ4v) is 7.68. The second-order valence-corrected chi connectivity index (χ2v) is 11.1. The van der Waals surface area contributed by atoms with Crippen molar-refractivity contribution < 1.29 is 4.74 Å². The minimum Gasteiger partial charge on any atom is -0.489 e. The highest BCUT2D eigenvalue weighted by molar-refractivity contribution is 5.34. The summed E-state index contributed by atoms with van der Waals surface area (Å²) in [4.78, 5) is 0. The van der Waals surface area contributed by atoms with Gasteiger partial charge in [0.25, 0.3) is 0 Å². The van der Waals surface area contributed by atoms with Crippen LogP contribution in [0, 0.1) is 23.7 Å². The Balaban J connectivity index is 1.29. The van der Waals surface area contributed by atoms with Crippen LogP contribution < -0.4 is 10.1 Å². The van der Waals surface area contributed by atoms with Crippen molar-refractivity contribution >= 4 is 0 Å². The van der Waals surface area contributed by atoms with E-state index in [1.165, 1.54) is 55.2 Å². The Bertz CT molecular complexity index is 885. The van der Waals surface area contributed by atoms with Gasteiger partial charge in [0, 0.05) is 17.6 Å². The summed E-state index contributed by atoms with van der Waals surface area (Å²) in [7, 11) is 0. The molecule has 0 aliphatic heterocycles. The van der Waals surface area contributed by atoms with Crippen LogP contribution in [-0.4, -0.2) is 5.54 Å². The molecule has 2 unspecified atom stereocenters. The minimum atomic E-state index is 0.326. The molecule has 6 rings (SSSR count). The van der Waals surface area contributed by atoms with Crippen molar-refractivity contribution in [3.8, 4) is 5.75 Å². The molecular weight excluding hydrogens is 354 g/mol. The molecule has 29 heavy (non-hydrogen) atoms. The Labute approximate surface area is 176 Å². The van der Waals surface area contributed by atoms with Gasteiger partial charge in [-0.25, -0.2) is 0 Å². The molecule has 4 aliphatic carbocycles. The Kier molecular flexibility index (Phi) is 4.55. The first-order chi connectivity index (χ1) is 13.8. The smallest absolute Gasteiger partial charge is 0.124 e. The number of benzene rings is 2. The van der Waals surface area contributed by atoms with E-state index in [4.69, 9.17) is 4.74 Å². The normalized spacial score (nSPS) is 35.1. The minimum absolute atomic E-state index is 0.326. The van der Waals surface area contributed by atoms with Crippen LogP contribution in [0.25, 0.3) is 0 Å². The van der Waals surface area contributed by atoms with E-state index in [-0.39, 0.29) is 0 Å². The second-order valence-electron chi connectivity index (χ2n) is 11.1. The second kappa shape index (κ2) is 6.87. The molecule has 4 atom stereocenters. The lowest BCUT2D eigenvalue weighted by Gasteiger charge is -2.65. The topological polar surface area (TPSA) is 21.3 Å². The van der Waals surface area contributed by atoms with E-state index >= 15 is 0 Å². The Morgan fingerprint density at radius 3 is 2.41 bits per heavy atom. The predicted octanol–water partition coefficient (Wildman–Crippen LogP) is 6.41. The summed E-state index contributed by atoms with van der Waals surface area (Å²) >= 11 is 0. The largest absolute Gasteiger partial charge is 0.489 e. The van der Waals surface area contributed by atoms with Crippen LogP contribution in [0.1, 0.15) is 69.1 Å². The lowest BCUT2D eigenvalue weighted by atomic mass is 9.43. The Hall–Kier alpha value is -1.80. The van der Waals surface area contributed by atoms with Gasteiger partial charge in [-0.1, -0.05) is 61.9 Å². The summed E-state index contributed by atoms with van der Waals surface area (Å²) in [6, 6.07) is 17.2. The van der Waals surface area contributed by atoms with Gasteiger partial charge in [-0.05, 0) is 73.8 Å². The van der Waals surface area contributed by atoms with Gasteiger partial charge in [0.05, 0.1) is 0 Å². The first kappa shape index (κ1) is 19.2. The number of hydrogen-bond donors (Lipinski definition) is 1. The maximum absolute atomic E-state index is 6.25. The number of para-hydroxylation sites is 1. The fourth-order valence-electron chi connectivity index (χ4n) is 7.68. The van der Waals surface area contributed by atoms with Crippen molar-refractivity contribution in [1.29, 1.82) is 0 Å². The highest BCUT2D eigenvalue weighted by Crippen LogP contribution is 2.66. The summed E-state index contributed by atoms with van der Waals surface area (Å²) in [6.45, 7) is 8.76. The molecule has 2 aromatic carbocycles. The van der Waals surface area contributed by atoms with Crippen LogP contribution in [0.5, 0.6) is 5.75 Å². The molecule has 2 heteroatoms. The van der Waals surface area contributed by atoms with Crippen LogP contribution in [0.2, 0.25) is 0 Å². The average molecular weight is 390 g/mol. The number of nitrogens with one attached hydrogen (secondary N) is 1. The highest BCUT2D eigenvalue weighted by atomic mass is 16.5. The molecule has 0 saturated heterocycles. The summed E-state index contributed by atoms with van der Waals surface area (Å²) in [5.74, 6) is 1.94. The molecule has 154 valence electrons. The van der Waals surface area contributed by atoms with Crippen LogP contribution in [0.4, 0.5) is 0 Å². The van der Waals surface area contributed by atoms with Crippen molar-refractivity contribution in [3.05, 3.63) is 65.2 Å². The molecule has 0 spiro atoms. The number of rotatable bonds is 6. The molecule has 2 aromatic rings. The molecule has 0 radical (unpaired) electrons. The monoisotopic (exact) mass is 389 g/mol. The van der Waals surface area contributed by atoms with Crippen molar-refractivity contribution in [2.75, 3.05) is 0 Å². The van der Waals surface area contributed by atoms with E-state index in [2.05, 4.69) is 74.6 Å². The Morgan fingerprint density at radius 2 is 1.69 bits per heavy atom. The number of hydrogen-bond acceptors (Lipinski definition) is 2. The third kappa shape index (κ3) is 3.84. The zero-order chi connectivity index (χ0) is 20.1. The zero-order valence-corrected chi connectivity index (χ0v) is 18.3. The summed E-state index contributed by atoms with van der Waals surface area (Å²) < 4.78 is 6.25. The van der Waals surface area contributed by atoms with E-state index < -0.39 is 0 Å². The number of aryl methyl sites for hydroxylation is 1. The van der Waals surface area contributed by atoms with Gasteiger partial charge in [-0.2, -0.15) is 0 Å². The molecule has 4 aliphatic rings.